The minimum absolute atomic E-state index is 0.854. The molecule has 11 rings (SSSR count). The molecular formula is C39H24N6O. The monoisotopic (exact) mass is 592 g/mol. The van der Waals surface area contributed by atoms with Gasteiger partial charge in [-0.25, -0.2) is 9.97 Å². The Kier molecular flexibility index (Phi) is 4.40. The average molecular weight is 593 g/mol. The third-order valence-corrected chi connectivity index (χ3v) is 9.60. The molecule has 0 aliphatic carbocycles. The molecule has 0 saturated carbocycles. The number of hydrogen-bond acceptors (Lipinski definition) is 3. The summed E-state index contributed by atoms with van der Waals surface area (Å²) in [6.45, 7) is 0. The Morgan fingerprint density at radius 1 is 0.522 bits per heavy atom. The Balaban J connectivity index is 1.07. The fourth-order valence-corrected chi connectivity index (χ4v) is 7.36. The molecule has 7 nitrogen and oxygen atoms in total. The molecule has 0 bridgehead atoms. The number of aryl methyl sites for hydroxylation is 1. The van der Waals surface area contributed by atoms with Crippen molar-refractivity contribution >= 4 is 77.6 Å². The van der Waals surface area contributed by atoms with Crippen LogP contribution in [0.4, 0.5) is 0 Å². The van der Waals surface area contributed by atoms with Gasteiger partial charge in [-0.1, -0.05) is 48.5 Å². The van der Waals surface area contributed by atoms with Gasteiger partial charge < -0.3 is 14.0 Å². The molecule has 0 atom stereocenters. The third kappa shape index (κ3) is 3.11. The molecule has 216 valence electrons. The van der Waals surface area contributed by atoms with Gasteiger partial charge in [-0.2, -0.15) is 0 Å². The highest BCUT2D eigenvalue weighted by Crippen LogP contribution is 2.37. The van der Waals surface area contributed by atoms with E-state index < -0.39 is 0 Å². The van der Waals surface area contributed by atoms with Crippen molar-refractivity contribution in [3.05, 3.63) is 121 Å². The number of nitrogens with one attached hydrogen (secondary N) is 1. The molecule has 7 heteroatoms. The van der Waals surface area contributed by atoms with Gasteiger partial charge in [-0.15, -0.1) is 0 Å². The minimum Gasteiger partial charge on any atom is -0.456 e. The summed E-state index contributed by atoms with van der Waals surface area (Å²) in [4.78, 5) is 13.2. The lowest BCUT2D eigenvalue weighted by molar-refractivity contribution is 0.669. The van der Waals surface area contributed by atoms with Gasteiger partial charge in [0.25, 0.3) is 0 Å². The first-order chi connectivity index (χ1) is 22.7. The Morgan fingerprint density at radius 3 is 1.85 bits per heavy atom. The first-order valence-corrected chi connectivity index (χ1v) is 15.4. The largest absolute Gasteiger partial charge is 0.456 e. The Morgan fingerprint density at radius 2 is 1.11 bits per heavy atom. The van der Waals surface area contributed by atoms with Crippen LogP contribution in [0.25, 0.3) is 99.9 Å². The van der Waals surface area contributed by atoms with Crippen LogP contribution in [0.5, 0.6) is 0 Å². The maximum absolute atomic E-state index is 6.32. The highest BCUT2D eigenvalue weighted by Gasteiger charge is 2.16. The zero-order valence-corrected chi connectivity index (χ0v) is 24.7. The Hall–Kier alpha value is -6.34. The van der Waals surface area contributed by atoms with Crippen molar-refractivity contribution in [1.82, 2.24) is 28.3 Å². The van der Waals surface area contributed by atoms with Crippen molar-refractivity contribution in [3.63, 3.8) is 0 Å². The van der Waals surface area contributed by atoms with Gasteiger partial charge in [0, 0.05) is 17.8 Å². The topological polar surface area (TPSA) is 68.5 Å². The fourth-order valence-electron chi connectivity index (χ4n) is 7.36. The van der Waals surface area contributed by atoms with E-state index in [4.69, 9.17) is 14.4 Å². The van der Waals surface area contributed by atoms with Gasteiger partial charge in [-0.3, -0.25) is 8.80 Å². The molecule has 0 aliphatic rings. The molecular weight excluding hydrogens is 568 g/mol. The highest BCUT2D eigenvalue weighted by atomic mass is 16.3. The summed E-state index contributed by atoms with van der Waals surface area (Å²) >= 11 is 0. The Labute approximate surface area is 260 Å². The van der Waals surface area contributed by atoms with Crippen LogP contribution in [0, 0.1) is 0 Å². The van der Waals surface area contributed by atoms with Crippen LogP contribution >= 0.6 is 0 Å². The number of benzene rings is 6. The van der Waals surface area contributed by atoms with Crippen LogP contribution in [0.15, 0.2) is 126 Å². The maximum Gasteiger partial charge on any atom is 0.215 e. The van der Waals surface area contributed by atoms with Gasteiger partial charge in [-0.05, 0) is 95.1 Å². The smallest absolute Gasteiger partial charge is 0.215 e. The summed E-state index contributed by atoms with van der Waals surface area (Å²) in [5, 5.41) is 2.21. The van der Waals surface area contributed by atoms with E-state index in [-0.39, 0.29) is 0 Å². The maximum atomic E-state index is 6.32. The van der Waals surface area contributed by atoms with Gasteiger partial charge >= 0.3 is 0 Å². The van der Waals surface area contributed by atoms with Gasteiger partial charge in [0.1, 0.15) is 11.2 Å². The molecule has 0 fully saturated rings. The molecule has 0 radical (unpaired) electrons. The van der Waals surface area contributed by atoms with Crippen LogP contribution < -0.4 is 0 Å². The number of rotatable bonds is 2. The first-order valence-electron chi connectivity index (χ1n) is 15.4. The summed E-state index contributed by atoms with van der Waals surface area (Å²) in [6, 6.07) is 42.8. The molecule has 5 aromatic heterocycles. The number of aromatic nitrogens is 6. The number of furan rings is 1. The lowest BCUT2D eigenvalue weighted by atomic mass is 10.00. The number of H-pyrrole nitrogens is 1. The van der Waals surface area contributed by atoms with Gasteiger partial charge in [0.2, 0.25) is 11.6 Å². The molecule has 11 aromatic rings. The van der Waals surface area contributed by atoms with Crippen LogP contribution in [-0.4, -0.2) is 28.3 Å². The van der Waals surface area contributed by atoms with E-state index in [1.165, 1.54) is 0 Å². The predicted molar refractivity (Wildman–Crippen MR) is 185 cm³/mol. The highest BCUT2D eigenvalue weighted by molar-refractivity contribution is 6.08. The molecule has 5 heterocycles. The normalized spacial score (nSPS) is 12.5. The van der Waals surface area contributed by atoms with Crippen molar-refractivity contribution in [2.24, 2.45) is 7.05 Å². The van der Waals surface area contributed by atoms with Crippen molar-refractivity contribution in [3.8, 4) is 22.3 Å². The van der Waals surface area contributed by atoms with E-state index in [2.05, 4.69) is 135 Å². The van der Waals surface area contributed by atoms with E-state index in [1.807, 2.05) is 12.1 Å². The second-order valence-corrected chi connectivity index (χ2v) is 12.1. The quantitative estimate of drug-likeness (QED) is 0.217. The number of para-hydroxylation sites is 4. The lowest BCUT2D eigenvalue weighted by Gasteiger charge is -2.05. The molecule has 0 spiro atoms. The van der Waals surface area contributed by atoms with Crippen LogP contribution in [-0.2, 0) is 7.05 Å². The van der Waals surface area contributed by atoms with E-state index in [0.29, 0.717) is 0 Å². The molecule has 1 N–H and O–H groups in total. The Bertz CT molecular complexity index is 3050. The number of fused-ring (bicyclic) bond motifs is 13. The van der Waals surface area contributed by atoms with E-state index in [9.17, 15) is 0 Å². The van der Waals surface area contributed by atoms with Crippen molar-refractivity contribution in [2.75, 3.05) is 0 Å². The minimum atomic E-state index is 0.854. The van der Waals surface area contributed by atoms with E-state index in [1.54, 1.807) is 0 Å². The SMILES string of the molecule is Cn1c2ccc(-c3ccc4oc5ccc(-c6ccc7[nH]c8nc9ccccc9n8c7c6)cc5c4c3)cc2n2c3ccccc3nc12. The molecule has 0 unspecified atom stereocenters. The molecule has 46 heavy (non-hydrogen) atoms. The molecule has 0 aliphatic heterocycles. The van der Waals surface area contributed by atoms with Crippen LogP contribution in [0.2, 0.25) is 0 Å². The van der Waals surface area contributed by atoms with Gasteiger partial charge in [0.05, 0.1) is 44.1 Å². The summed E-state index contributed by atoms with van der Waals surface area (Å²) in [6.07, 6.45) is 0. The van der Waals surface area contributed by atoms with Gasteiger partial charge in [0.15, 0.2) is 0 Å². The second kappa shape index (κ2) is 8.43. The third-order valence-electron chi connectivity index (χ3n) is 9.60. The van der Waals surface area contributed by atoms with E-state index in [0.717, 1.165) is 99.9 Å². The van der Waals surface area contributed by atoms with Crippen LogP contribution in [0.3, 0.4) is 0 Å². The van der Waals surface area contributed by atoms with Crippen molar-refractivity contribution in [1.29, 1.82) is 0 Å². The standard InChI is InChI=1S/C39H24N6O/c1-43-33-15-11-25(21-35(33)45-32-9-5-3-7-29(32)42-39(43)45)23-13-17-37-27(19-23)26-18-22(12-16-36(26)46-37)24-10-14-30-34(20-24)44-31-8-4-2-6-28(31)40-38(44)41-30/h2-21H,1H3,(H,40,41). The summed E-state index contributed by atoms with van der Waals surface area (Å²) in [5.74, 6) is 1.80. The fraction of sp³-hybridized carbons (Fsp3) is 0.0256. The molecule has 0 amide bonds. The lowest BCUT2D eigenvalue weighted by Crippen LogP contribution is -1.88. The summed E-state index contributed by atoms with van der Waals surface area (Å²) in [7, 11) is 2.08. The average Bonchev–Trinajstić information content (AvgIpc) is 3.89. The zero-order valence-electron chi connectivity index (χ0n) is 24.7. The molecule has 6 aromatic carbocycles. The van der Waals surface area contributed by atoms with Crippen LogP contribution in [0.1, 0.15) is 0 Å². The zero-order chi connectivity index (χ0) is 30.1. The number of hydrogen-bond donors (Lipinski definition) is 1. The first kappa shape index (κ1) is 24.0. The molecule has 0 saturated heterocycles. The van der Waals surface area contributed by atoms with Crippen molar-refractivity contribution in [2.45, 2.75) is 0 Å². The number of aromatic amines is 1. The van der Waals surface area contributed by atoms with E-state index >= 15 is 0 Å². The number of nitrogens with zero attached hydrogens (tertiary/aromatic N) is 5. The second-order valence-electron chi connectivity index (χ2n) is 12.1. The summed E-state index contributed by atoms with van der Waals surface area (Å²) in [5.41, 5.74) is 15.0. The predicted octanol–water partition coefficient (Wildman–Crippen LogP) is 9.49. The number of imidazole rings is 4. The van der Waals surface area contributed by atoms with Crippen molar-refractivity contribution < 1.29 is 4.42 Å². The summed E-state index contributed by atoms with van der Waals surface area (Å²) < 4.78 is 13.0.